The third-order valence-electron chi connectivity index (χ3n) is 2.89. The van der Waals surface area contributed by atoms with E-state index in [1.165, 1.54) is 5.56 Å². The fourth-order valence-corrected chi connectivity index (χ4v) is 1.78. The van der Waals surface area contributed by atoms with Crippen LogP contribution in [0.2, 0.25) is 0 Å². The van der Waals surface area contributed by atoms with Gasteiger partial charge in [0.2, 0.25) is 0 Å². The van der Waals surface area contributed by atoms with Gasteiger partial charge in [0.25, 0.3) is 0 Å². The topological polar surface area (TPSA) is 21.3 Å². The van der Waals surface area contributed by atoms with Gasteiger partial charge < -0.3 is 10.1 Å². The molecule has 2 nitrogen and oxygen atoms in total. The van der Waals surface area contributed by atoms with E-state index in [4.69, 9.17) is 4.74 Å². The summed E-state index contributed by atoms with van der Waals surface area (Å²) in [6.45, 7) is 11.4. The summed E-state index contributed by atoms with van der Waals surface area (Å²) in [6.07, 6.45) is 1.16. The standard InChI is InChI=1S/C16H25NO/c1-14(2)13-18-12-11-17-10-9-15(3)16-7-5-4-6-8-16/h4-8,15,17H,1,9-13H2,2-3H3. The van der Waals surface area contributed by atoms with Crippen LogP contribution in [0.1, 0.15) is 31.7 Å². The number of rotatable bonds is 9. The molecule has 0 radical (unpaired) electrons. The first-order valence-corrected chi connectivity index (χ1v) is 6.68. The van der Waals surface area contributed by atoms with Gasteiger partial charge in [-0.1, -0.05) is 49.4 Å². The van der Waals surface area contributed by atoms with Gasteiger partial charge in [-0.15, -0.1) is 0 Å². The van der Waals surface area contributed by atoms with E-state index in [0.717, 1.165) is 31.7 Å². The third kappa shape index (κ3) is 6.58. The van der Waals surface area contributed by atoms with E-state index in [1.807, 2.05) is 6.92 Å². The molecule has 18 heavy (non-hydrogen) atoms. The predicted octanol–water partition coefficient (Wildman–Crippen LogP) is 3.36. The Kier molecular flexibility index (Phi) is 7.38. The van der Waals surface area contributed by atoms with E-state index >= 15 is 0 Å². The van der Waals surface area contributed by atoms with Crippen molar-refractivity contribution in [2.45, 2.75) is 26.2 Å². The Morgan fingerprint density at radius 2 is 2.00 bits per heavy atom. The molecule has 0 aliphatic heterocycles. The van der Waals surface area contributed by atoms with Gasteiger partial charge >= 0.3 is 0 Å². The van der Waals surface area contributed by atoms with Crippen LogP contribution in [0.25, 0.3) is 0 Å². The molecule has 0 aromatic heterocycles. The normalized spacial score (nSPS) is 12.3. The lowest BCUT2D eigenvalue weighted by Crippen LogP contribution is -2.22. The molecule has 0 bridgehead atoms. The molecule has 1 rings (SSSR count). The van der Waals surface area contributed by atoms with Gasteiger partial charge in [0, 0.05) is 6.54 Å². The molecule has 1 unspecified atom stereocenters. The first-order valence-electron chi connectivity index (χ1n) is 6.68. The van der Waals surface area contributed by atoms with Crippen molar-refractivity contribution < 1.29 is 4.74 Å². The molecule has 1 aromatic carbocycles. The van der Waals surface area contributed by atoms with Crippen LogP contribution in [0, 0.1) is 0 Å². The minimum absolute atomic E-state index is 0.607. The molecular weight excluding hydrogens is 222 g/mol. The van der Waals surface area contributed by atoms with Crippen molar-refractivity contribution in [3.05, 3.63) is 48.0 Å². The molecule has 0 aliphatic carbocycles. The zero-order valence-electron chi connectivity index (χ0n) is 11.6. The zero-order valence-corrected chi connectivity index (χ0v) is 11.6. The molecule has 0 saturated heterocycles. The Morgan fingerprint density at radius 1 is 1.28 bits per heavy atom. The van der Waals surface area contributed by atoms with Gasteiger partial charge in [-0.2, -0.15) is 0 Å². The molecule has 2 heteroatoms. The van der Waals surface area contributed by atoms with Crippen molar-refractivity contribution in [1.82, 2.24) is 5.32 Å². The van der Waals surface area contributed by atoms with Crippen LogP contribution in [0.5, 0.6) is 0 Å². The zero-order chi connectivity index (χ0) is 13.2. The molecule has 0 spiro atoms. The van der Waals surface area contributed by atoms with Crippen molar-refractivity contribution in [2.24, 2.45) is 0 Å². The van der Waals surface area contributed by atoms with Crippen LogP contribution in [0.3, 0.4) is 0 Å². The van der Waals surface area contributed by atoms with Crippen LogP contribution in [0.15, 0.2) is 42.5 Å². The Bertz CT molecular complexity index is 334. The average Bonchev–Trinajstić information content (AvgIpc) is 2.38. The van der Waals surface area contributed by atoms with Gasteiger partial charge in [0.1, 0.15) is 0 Å². The Balaban J connectivity index is 2.03. The van der Waals surface area contributed by atoms with Gasteiger partial charge in [0.15, 0.2) is 0 Å². The minimum atomic E-state index is 0.607. The summed E-state index contributed by atoms with van der Waals surface area (Å²) in [4.78, 5) is 0. The average molecular weight is 247 g/mol. The second-order valence-electron chi connectivity index (χ2n) is 4.86. The first-order chi connectivity index (χ1) is 8.70. The second kappa shape index (κ2) is 8.90. The molecule has 0 saturated carbocycles. The molecule has 1 N–H and O–H groups in total. The highest BCUT2D eigenvalue weighted by Gasteiger charge is 2.03. The van der Waals surface area contributed by atoms with Crippen LogP contribution in [0.4, 0.5) is 0 Å². The fraction of sp³-hybridized carbons (Fsp3) is 0.500. The summed E-state index contributed by atoms with van der Waals surface area (Å²) < 4.78 is 5.42. The van der Waals surface area contributed by atoms with E-state index < -0.39 is 0 Å². The lowest BCUT2D eigenvalue weighted by molar-refractivity contribution is 0.158. The molecule has 0 amide bonds. The molecule has 0 heterocycles. The van der Waals surface area contributed by atoms with Gasteiger partial charge in [-0.25, -0.2) is 0 Å². The summed E-state index contributed by atoms with van der Waals surface area (Å²) >= 11 is 0. The summed E-state index contributed by atoms with van der Waals surface area (Å²) in [5, 5.41) is 3.41. The van der Waals surface area contributed by atoms with E-state index in [0.29, 0.717) is 12.5 Å². The highest BCUT2D eigenvalue weighted by molar-refractivity contribution is 5.18. The third-order valence-corrected chi connectivity index (χ3v) is 2.89. The Morgan fingerprint density at radius 3 is 2.67 bits per heavy atom. The van der Waals surface area contributed by atoms with E-state index in [2.05, 4.69) is 49.2 Å². The number of benzene rings is 1. The molecule has 1 aromatic rings. The number of hydrogen-bond donors (Lipinski definition) is 1. The van der Waals surface area contributed by atoms with Crippen molar-refractivity contribution in [2.75, 3.05) is 26.3 Å². The summed E-state index contributed by atoms with van der Waals surface area (Å²) in [6, 6.07) is 10.7. The molecule has 1 atom stereocenters. The van der Waals surface area contributed by atoms with Crippen molar-refractivity contribution in [3.8, 4) is 0 Å². The number of ether oxygens (including phenoxy) is 1. The van der Waals surface area contributed by atoms with E-state index in [9.17, 15) is 0 Å². The molecule has 0 aliphatic rings. The van der Waals surface area contributed by atoms with Crippen LogP contribution in [-0.4, -0.2) is 26.3 Å². The maximum atomic E-state index is 5.42. The summed E-state index contributed by atoms with van der Waals surface area (Å²) in [5.41, 5.74) is 2.49. The van der Waals surface area contributed by atoms with Crippen LogP contribution in [-0.2, 0) is 4.74 Å². The lowest BCUT2D eigenvalue weighted by atomic mass is 9.98. The van der Waals surface area contributed by atoms with Gasteiger partial charge in [0.05, 0.1) is 13.2 Å². The predicted molar refractivity (Wildman–Crippen MR) is 78.0 cm³/mol. The monoisotopic (exact) mass is 247 g/mol. The SMILES string of the molecule is C=C(C)COCCNCCC(C)c1ccccc1. The summed E-state index contributed by atoms with van der Waals surface area (Å²) in [5.74, 6) is 0.607. The first kappa shape index (κ1) is 14.9. The number of nitrogens with one attached hydrogen (secondary N) is 1. The second-order valence-corrected chi connectivity index (χ2v) is 4.86. The number of hydrogen-bond acceptors (Lipinski definition) is 2. The fourth-order valence-electron chi connectivity index (χ4n) is 1.78. The van der Waals surface area contributed by atoms with Gasteiger partial charge in [-0.3, -0.25) is 0 Å². The molecule has 100 valence electrons. The highest BCUT2D eigenvalue weighted by atomic mass is 16.5. The van der Waals surface area contributed by atoms with Gasteiger partial charge in [-0.05, 0) is 31.4 Å². The van der Waals surface area contributed by atoms with Crippen molar-refractivity contribution in [3.63, 3.8) is 0 Å². The molecular formula is C16H25NO. The minimum Gasteiger partial charge on any atom is -0.376 e. The Hall–Kier alpha value is -1.12. The molecule has 0 fully saturated rings. The quantitative estimate of drug-likeness (QED) is 0.533. The van der Waals surface area contributed by atoms with E-state index in [1.54, 1.807) is 0 Å². The lowest BCUT2D eigenvalue weighted by Gasteiger charge is -2.12. The van der Waals surface area contributed by atoms with Crippen LogP contribution < -0.4 is 5.32 Å². The Labute approximate surface area is 111 Å². The van der Waals surface area contributed by atoms with E-state index in [-0.39, 0.29) is 0 Å². The summed E-state index contributed by atoms with van der Waals surface area (Å²) in [7, 11) is 0. The van der Waals surface area contributed by atoms with Crippen molar-refractivity contribution >= 4 is 0 Å². The van der Waals surface area contributed by atoms with Crippen LogP contribution >= 0.6 is 0 Å². The highest BCUT2D eigenvalue weighted by Crippen LogP contribution is 2.17. The maximum absolute atomic E-state index is 5.42. The smallest absolute Gasteiger partial charge is 0.0672 e. The maximum Gasteiger partial charge on any atom is 0.0672 e. The van der Waals surface area contributed by atoms with Crippen molar-refractivity contribution in [1.29, 1.82) is 0 Å². The largest absolute Gasteiger partial charge is 0.376 e.